The van der Waals surface area contributed by atoms with E-state index in [2.05, 4.69) is 45.0 Å². The molecule has 0 aliphatic heterocycles. The average Bonchev–Trinajstić information content (AvgIpc) is 3.09. The van der Waals surface area contributed by atoms with Crippen molar-refractivity contribution >= 4 is 66.7 Å². The topological polar surface area (TPSA) is 43.1 Å². The Morgan fingerprint density at radius 2 is 1.54 bits per heavy atom. The van der Waals surface area contributed by atoms with Crippen molar-refractivity contribution in [3.05, 3.63) is 90.9 Å². The third-order valence-electron chi connectivity index (χ3n) is 3.11. The summed E-state index contributed by atoms with van der Waals surface area (Å²) in [5.41, 5.74) is -0.0340. The Balaban J connectivity index is 0. The van der Waals surface area contributed by atoms with Gasteiger partial charge in [-0.05, 0) is 50.4 Å². The summed E-state index contributed by atoms with van der Waals surface area (Å²) in [4.78, 5) is 9.09. The molecule has 0 spiro atoms. The monoisotopic (exact) mass is 597 g/mol. The molecule has 2 aromatic carbocycles. The van der Waals surface area contributed by atoms with Crippen LogP contribution in [0.3, 0.4) is 0 Å². The molecule has 0 saturated heterocycles. The molecule has 0 atom stereocenters. The fourth-order valence-electron chi connectivity index (χ4n) is 1.98. The fraction of sp³-hybridized carbons (Fsp3) is 0.0588. The van der Waals surface area contributed by atoms with Gasteiger partial charge in [0.05, 0.1) is 19.9 Å². The zero-order chi connectivity index (χ0) is 20.0. The van der Waals surface area contributed by atoms with Gasteiger partial charge in [0.15, 0.2) is 0 Å². The van der Waals surface area contributed by atoms with Crippen LogP contribution in [0.1, 0.15) is 11.1 Å². The quantitative estimate of drug-likeness (QED) is 0.126. The average molecular weight is 600 g/mol. The number of nitrogens with zero attached hydrogens (tertiary/aromatic N) is 1. The van der Waals surface area contributed by atoms with Crippen molar-refractivity contribution in [3.63, 3.8) is 0 Å². The third-order valence-corrected chi connectivity index (χ3v) is 4.29. The SMILES string of the molecule is Fc1cc(Br)c(F)c2c1CC=C2.O=[N+]([O-])c1cc(F)c(Br)cc1F.[Br-].[CH-]=C.[Mg+2]. The van der Waals surface area contributed by atoms with Crippen LogP contribution in [-0.2, 0) is 6.42 Å². The van der Waals surface area contributed by atoms with Crippen molar-refractivity contribution in [1.29, 1.82) is 0 Å². The smallest absolute Gasteiger partial charge is 1.00 e. The zero-order valence-electron chi connectivity index (χ0n) is 14.0. The van der Waals surface area contributed by atoms with Crippen molar-refractivity contribution in [2.45, 2.75) is 6.42 Å². The summed E-state index contributed by atoms with van der Waals surface area (Å²) in [7, 11) is 0. The van der Waals surface area contributed by atoms with Crippen LogP contribution in [0.25, 0.3) is 6.08 Å². The molecule has 2 aromatic rings. The molecule has 0 bridgehead atoms. The van der Waals surface area contributed by atoms with Crippen molar-refractivity contribution in [1.82, 2.24) is 0 Å². The van der Waals surface area contributed by atoms with Crippen molar-refractivity contribution in [2.24, 2.45) is 0 Å². The number of rotatable bonds is 1. The molecule has 146 valence electrons. The predicted octanol–water partition coefficient (Wildman–Crippen LogP) is 3.16. The number of nitro groups is 1. The van der Waals surface area contributed by atoms with Crippen LogP contribution in [0.15, 0.2) is 39.8 Å². The number of halogens is 7. The molecule has 0 aromatic heterocycles. The molecule has 1 aliphatic carbocycles. The first kappa shape index (κ1) is 29.4. The van der Waals surface area contributed by atoms with E-state index in [4.69, 9.17) is 0 Å². The van der Waals surface area contributed by atoms with Gasteiger partial charge in [-0.15, -0.1) is 0 Å². The summed E-state index contributed by atoms with van der Waals surface area (Å²) in [6.45, 7) is 7.00. The molecule has 11 heteroatoms. The van der Waals surface area contributed by atoms with E-state index in [0.717, 1.165) is 0 Å². The van der Waals surface area contributed by atoms with Crippen LogP contribution >= 0.6 is 31.9 Å². The zero-order valence-corrected chi connectivity index (χ0v) is 20.2. The Hall–Kier alpha value is -0.754. The minimum absolute atomic E-state index is 0. The number of hydrogen-bond donors (Lipinski definition) is 0. The molecule has 0 saturated carbocycles. The molecule has 0 N–H and O–H groups in total. The van der Waals surface area contributed by atoms with E-state index in [-0.39, 0.29) is 60.6 Å². The van der Waals surface area contributed by atoms with Gasteiger partial charge in [0, 0.05) is 11.1 Å². The van der Waals surface area contributed by atoms with Gasteiger partial charge in [-0.25, -0.2) is 13.2 Å². The predicted molar refractivity (Wildman–Crippen MR) is 103 cm³/mol. The van der Waals surface area contributed by atoms with Crippen LogP contribution in [0.4, 0.5) is 23.2 Å². The molecule has 3 rings (SSSR count). The molecule has 0 amide bonds. The van der Waals surface area contributed by atoms with E-state index in [1.54, 1.807) is 12.2 Å². The minimum Gasteiger partial charge on any atom is -1.00 e. The first-order valence-corrected chi connectivity index (χ1v) is 8.33. The maximum atomic E-state index is 13.2. The maximum absolute atomic E-state index is 13.2. The number of allylic oxidation sites excluding steroid dienone is 1. The van der Waals surface area contributed by atoms with Crippen LogP contribution in [0.2, 0.25) is 0 Å². The summed E-state index contributed by atoms with van der Waals surface area (Å²) < 4.78 is 51.6. The molecule has 0 radical (unpaired) electrons. The third kappa shape index (κ3) is 7.25. The van der Waals surface area contributed by atoms with Crippen molar-refractivity contribution < 1.29 is 39.5 Å². The number of hydrogen-bond acceptors (Lipinski definition) is 2. The Bertz CT molecular complexity index is 882. The van der Waals surface area contributed by atoms with Gasteiger partial charge in [-0.1, -0.05) is 12.2 Å². The fourth-order valence-corrected chi connectivity index (χ4v) is 2.71. The second-order valence-corrected chi connectivity index (χ2v) is 6.34. The van der Waals surface area contributed by atoms with Gasteiger partial charge < -0.3 is 23.6 Å². The van der Waals surface area contributed by atoms with E-state index in [1.807, 2.05) is 0 Å². The Labute approximate surface area is 202 Å². The van der Waals surface area contributed by atoms with Gasteiger partial charge in [-0.2, -0.15) is 4.39 Å². The standard InChI is InChI=1S/C9H5BrF2.C6H2BrF2NO2.C2H3.BrH.Mg/c10-7-4-8(11)5-2-1-3-6(5)9(7)12;7-3-1-5(9)6(10(11)12)2-4(3)8;1-2;;/h1,3-4H,2H2;1-2H;1H,2H2;1H;/q;;-1;;+2/p-1. The second kappa shape index (κ2) is 13.5. The van der Waals surface area contributed by atoms with Gasteiger partial charge in [0.2, 0.25) is 5.82 Å². The summed E-state index contributed by atoms with van der Waals surface area (Å²) in [6.07, 6.45) is 3.85. The van der Waals surface area contributed by atoms with Gasteiger partial charge in [-0.3, -0.25) is 16.7 Å². The summed E-state index contributed by atoms with van der Waals surface area (Å²) >= 11 is 5.64. The molecular formula is C17H10Br3F4MgNO2. The van der Waals surface area contributed by atoms with Gasteiger partial charge >= 0.3 is 28.7 Å². The van der Waals surface area contributed by atoms with E-state index in [0.29, 0.717) is 29.7 Å². The van der Waals surface area contributed by atoms with Gasteiger partial charge in [0.25, 0.3) is 0 Å². The maximum Gasteiger partial charge on any atom is 2.00 e. The van der Waals surface area contributed by atoms with Crippen molar-refractivity contribution in [3.8, 4) is 0 Å². The van der Waals surface area contributed by atoms with E-state index in [9.17, 15) is 27.7 Å². The molecule has 0 fully saturated rings. The molecule has 3 nitrogen and oxygen atoms in total. The first-order chi connectivity index (χ1) is 12.2. The molecular weight excluding hydrogens is 590 g/mol. The normalized spacial score (nSPS) is 10.2. The number of nitro benzene ring substituents is 1. The summed E-state index contributed by atoms with van der Waals surface area (Å²) in [5.74, 6) is -2.64. The summed E-state index contributed by atoms with van der Waals surface area (Å²) in [5, 5.41) is 10.1. The Kier molecular flexibility index (Phi) is 14.2. The van der Waals surface area contributed by atoms with Crippen LogP contribution < -0.4 is 17.0 Å². The van der Waals surface area contributed by atoms with Crippen LogP contribution in [0.5, 0.6) is 0 Å². The molecule has 0 heterocycles. The minimum atomic E-state index is -1.06. The number of benzene rings is 2. The Morgan fingerprint density at radius 1 is 1.00 bits per heavy atom. The van der Waals surface area contributed by atoms with Crippen LogP contribution in [-0.4, -0.2) is 28.0 Å². The molecule has 28 heavy (non-hydrogen) atoms. The molecule has 1 aliphatic rings. The second-order valence-electron chi connectivity index (χ2n) is 4.63. The van der Waals surface area contributed by atoms with E-state index < -0.39 is 22.2 Å². The number of fused-ring (bicyclic) bond motifs is 1. The summed E-state index contributed by atoms with van der Waals surface area (Å²) in [6, 6.07) is 2.41. The molecule has 0 unspecified atom stereocenters. The Morgan fingerprint density at radius 3 is 2.07 bits per heavy atom. The van der Waals surface area contributed by atoms with Crippen molar-refractivity contribution in [2.75, 3.05) is 0 Å². The largest absolute Gasteiger partial charge is 2.00 e. The first-order valence-electron chi connectivity index (χ1n) is 6.75. The van der Waals surface area contributed by atoms with E-state index in [1.165, 1.54) is 6.07 Å². The van der Waals surface area contributed by atoms with Gasteiger partial charge in [0.1, 0.15) is 17.5 Å². The van der Waals surface area contributed by atoms with E-state index >= 15 is 0 Å². The van der Waals surface area contributed by atoms with Crippen LogP contribution in [0, 0.1) is 40.0 Å².